The highest BCUT2D eigenvalue weighted by molar-refractivity contribution is 7.11. The molecule has 1 saturated carbocycles. The molecule has 0 radical (unpaired) electrons. The first-order valence-electron chi connectivity index (χ1n) is 5.74. The summed E-state index contributed by atoms with van der Waals surface area (Å²) in [5.74, 6) is -0.206. The smallest absolute Gasteiger partial charge is 0.306 e. The summed E-state index contributed by atoms with van der Waals surface area (Å²) in [5, 5.41) is 10.1. The molecule has 0 bridgehead atoms. The predicted octanol–water partition coefficient (Wildman–Crippen LogP) is 3.12. The Morgan fingerprint density at radius 2 is 1.94 bits per heavy atom. The number of carboxylic acid groups (broad SMARTS) is 1. The van der Waals surface area contributed by atoms with Gasteiger partial charge >= 0.3 is 5.97 Å². The van der Waals surface area contributed by atoms with E-state index in [0.717, 1.165) is 36.4 Å². The zero-order chi connectivity index (χ0) is 11.7. The number of hydrogen-bond donors (Lipinski definition) is 1. The Bertz CT molecular complexity index is 392. The lowest BCUT2D eigenvalue weighted by Gasteiger charge is -2.25. The van der Waals surface area contributed by atoms with Crippen LogP contribution in [0.15, 0.2) is 0 Å². The monoisotopic (exact) mass is 239 g/mol. The lowest BCUT2D eigenvalue weighted by atomic mass is 9.81. The molecule has 3 nitrogen and oxygen atoms in total. The zero-order valence-corrected chi connectivity index (χ0v) is 10.5. The number of carboxylic acids is 1. The Labute approximate surface area is 99.5 Å². The maximum absolute atomic E-state index is 10.9. The average molecular weight is 239 g/mol. The fraction of sp³-hybridized carbons (Fsp3) is 0.667. The van der Waals surface area contributed by atoms with Crippen LogP contribution in [0.4, 0.5) is 0 Å². The first-order valence-corrected chi connectivity index (χ1v) is 6.56. The van der Waals surface area contributed by atoms with Crippen molar-refractivity contribution in [2.24, 2.45) is 5.92 Å². The standard InChI is InChI=1S/C12H17NO2S/c1-7-11(16-8(2)13-7)9-3-5-10(6-4-9)12(14)15/h9-10H,3-6H2,1-2H3,(H,14,15). The molecule has 0 spiro atoms. The van der Waals surface area contributed by atoms with E-state index >= 15 is 0 Å². The molecule has 0 atom stereocenters. The average Bonchev–Trinajstić information content (AvgIpc) is 2.58. The van der Waals surface area contributed by atoms with Crippen molar-refractivity contribution in [3.8, 4) is 0 Å². The quantitative estimate of drug-likeness (QED) is 0.862. The summed E-state index contributed by atoms with van der Waals surface area (Å²) in [6.07, 6.45) is 3.63. The lowest BCUT2D eigenvalue weighted by Crippen LogP contribution is -2.20. The van der Waals surface area contributed by atoms with Gasteiger partial charge in [-0.2, -0.15) is 0 Å². The minimum atomic E-state index is -0.629. The van der Waals surface area contributed by atoms with Crippen LogP contribution < -0.4 is 0 Å². The van der Waals surface area contributed by atoms with Crippen molar-refractivity contribution in [1.29, 1.82) is 0 Å². The van der Waals surface area contributed by atoms with Gasteiger partial charge in [0.25, 0.3) is 0 Å². The van der Waals surface area contributed by atoms with Gasteiger partial charge in [0.05, 0.1) is 16.6 Å². The normalized spacial score (nSPS) is 25.6. The number of carbonyl (C=O) groups is 1. The molecular formula is C12H17NO2S. The molecule has 1 aromatic rings. The topological polar surface area (TPSA) is 50.2 Å². The van der Waals surface area contributed by atoms with Gasteiger partial charge in [-0.15, -0.1) is 11.3 Å². The van der Waals surface area contributed by atoms with Crippen molar-refractivity contribution in [1.82, 2.24) is 4.98 Å². The summed E-state index contributed by atoms with van der Waals surface area (Å²) < 4.78 is 0. The van der Waals surface area contributed by atoms with Gasteiger partial charge in [-0.05, 0) is 45.4 Å². The molecule has 1 aromatic heterocycles. The van der Waals surface area contributed by atoms with Crippen LogP contribution in [-0.4, -0.2) is 16.1 Å². The van der Waals surface area contributed by atoms with E-state index in [1.54, 1.807) is 11.3 Å². The first-order chi connectivity index (χ1) is 7.58. The molecule has 1 fully saturated rings. The molecule has 4 heteroatoms. The summed E-state index contributed by atoms with van der Waals surface area (Å²) in [5.41, 5.74) is 1.14. The Morgan fingerprint density at radius 1 is 1.31 bits per heavy atom. The molecule has 2 rings (SSSR count). The van der Waals surface area contributed by atoms with Crippen molar-refractivity contribution in [3.63, 3.8) is 0 Å². The third-order valence-corrected chi connectivity index (χ3v) is 4.62. The Hall–Kier alpha value is -0.900. The highest BCUT2D eigenvalue weighted by Crippen LogP contribution is 2.39. The van der Waals surface area contributed by atoms with Crippen molar-refractivity contribution in [2.75, 3.05) is 0 Å². The summed E-state index contributed by atoms with van der Waals surface area (Å²) in [6, 6.07) is 0. The Morgan fingerprint density at radius 3 is 2.38 bits per heavy atom. The molecule has 0 aliphatic heterocycles. The number of aryl methyl sites for hydroxylation is 2. The molecule has 88 valence electrons. The van der Waals surface area contributed by atoms with Gasteiger partial charge in [-0.1, -0.05) is 0 Å². The van der Waals surface area contributed by atoms with E-state index in [9.17, 15) is 4.79 Å². The van der Waals surface area contributed by atoms with E-state index in [-0.39, 0.29) is 5.92 Å². The molecule has 16 heavy (non-hydrogen) atoms. The van der Waals surface area contributed by atoms with Gasteiger partial charge in [0.2, 0.25) is 0 Å². The van der Waals surface area contributed by atoms with Crippen LogP contribution in [-0.2, 0) is 4.79 Å². The molecule has 0 aromatic carbocycles. The van der Waals surface area contributed by atoms with Crippen molar-refractivity contribution in [2.45, 2.75) is 45.4 Å². The highest BCUT2D eigenvalue weighted by Gasteiger charge is 2.28. The second-order valence-corrected chi connectivity index (χ2v) is 5.80. The number of hydrogen-bond acceptors (Lipinski definition) is 3. The molecule has 0 unspecified atom stereocenters. The summed E-state index contributed by atoms with van der Waals surface area (Å²) in [4.78, 5) is 16.7. The van der Waals surface area contributed by atoms with E-state index in [2.05, 4.69) is 11.9 Å². The number of nitrogens with zero attached hydrogens (tertiary/aromatic N) is 1. The molecule has 1 aliphatic rings. The lowest BCUT2D eigenvalue weighted by molar-refractivity contribution is -0.142. The Balaban J connectivity index is 2.04. The predicted molar refractivity (Wildman–Crippen MR) is 63.9 cm³/mol. The van der Waals surface area contributed by atoms with Crippen LogP contribution >= 0.6 is 11.3 Å². The molecule has 1 N–H and O–H groups in total. The van der Waals surface area contributed by atoms with Gasteiger partial charge in [0, 0.05) is 4.88 Å². The minimum absolute atomic E-state index is 0.120. The maximum atomic E-state index is 10.9. The second-order valence-electron chi connectivity index (χ2n) is 4.57. The molecule has 0 saturated heterocycles. The molecule has 1 heterocycles. The van der Waals surface area contributed by atoms with E-state index in [4.69, 9.17) is 5.11 Å². The largest absolute Gasteiger partial charge is 0.481 e. The number of rotatable bonds is 2. The van der Waals surface area contributed by atoms with Crippen LogP contribution in [0.3, 0.4) is 0 Å². The van der Waals surface area contributed by atoms with Gasteiger partial charge in [-0.25, -0.2) is 4.98 Å². The molecule has 0 amide bonds. The zero-order valence-electron chi connectivity index (χ0n) is 9.69. The Kier molecular flexibility index (Phi) is 3.28. The fourth-order valence-electron chi connectivity index (χ4n) is 2.53. The van der Waals surface area contributed by atoms with Crippen LogP contribution in [0.5, 0.6) is 0 Å². The van der Waals surface area contributed by atoms with Gasteiger partial charge in [-0.3, -0.25) is 4.79 Å². The van der Waals surface area contributed by atoms with Crippen molar-refractivity contribution in [3.05, 3.63) is 15.6 Å². The van der Waals surface area contributed by atoms with Crippen molar-refractivity contribution >= 4 is 17.3 Å². The van der Waals surface area contributed by atoms with Crippen LogP contribution in [0.25, 0.3) is 0 Å². The van der Waals surface area contributed by atoms with E-state index < -0.39 is 5.97 Å². The number of thiazole rings is 1. The summed E-state index contributed by atoms with van der Waals surface area (Å²) in [7, 11) is 0. The van der Waals surface area contributed by atoms with Gasteiger partial charge < -0.3 is 5.11 Å². The first kappa shape index (κ1) is 11.6. The van der Waals surface area contributed by atoms with Gasteiger partial charge in [0.15, 0.2) is 0 Å². The van der Waals surface area contributed by atoms with E-state index in [0.29, 0.717) is 5.92 Å². The van der Waals surface area contributed by atoms with E-state index in [1.807, 2.05) is 6.92 Å². The van der Waals surface area contributed by atoms with Gasteiger partial charge in [0.1, 0.15) is 0 Å². The maximum Gasteiger partial charge on any atom is 0.306 e. The SMILES string of the molecule is Cc1nc(C)c(C2CCC(C(=O)O)CC2)s1. The van der Waals surface area contributed by atoms with Crippen LogP contribution in [0.1, 0.15) is 47.2 Å². The summed E-state index contributed by atoms with van der Waals surface area (Å²) in [6.45, 7) is 4.09. The second kappa shape index (κ2) is 4.53. The van der Waals surface area contributed by atoms with E-state index in [1.165, 1.54) is 4.88 Å². The third kappa shape index (κ3) is 2.26. The number of aromatic nitrogens is 1. The fourth-order valence-corrected chi connectivity index (χ4v) is 3.62. The van der Waals surface area contributed by atoms with Crippen LogP contribution in [0.2, 0.25) is 0 Å². The molecular weight excluding hydrogens is 222 g/mol. The van der Waals surface area contributed by atoms with Crippen LogP contribution in [0, 0.1) is 19.8 Å². The highest BCUT2D eigenvalue weighted by atomic mass is 32.1. The third-order valence-electron chi connectivity index (χ3n) is 3.39. The summed E-state index contributed by atoms with van der Waals surface area (Å²) >= 11 is 1.77. The minimum Gasteiger partial charge on any atom is -0.481 e. The van der Waals surface area contributed by atoms with Crippen molar-refractivity contribution < 1.29 is 9.90 Å². The number of aliphatic carboxylic acids is 1. The molecule has 1 aliphatic carbocycles.